The molecule has 0 spiro atoms. The Bertz CT molecular complexity index is 687. The first-order chi connectivity index (χ1) is 12.2. The molecule has 25 heavy (non-hydrogen) atoms. The van der Waals surface area contributed by atoms with Crippen molar-refractivity contribution in [1.29, 1.82) is 0 Å². The average molecular weight is 340 g/mol. The Morgan fingerprint density at radius 2 is 2.00 bits per heavy atom. The summed E-state index contributed by atoms with van der Waals surface area (Å²) in [6.07, 6.45) is 3.54. The molecule has 1 aromatic carbocycles. The zero-order valence-corrected chi connectivity index (χ0v) is 15.2. The highest BCUT2D eigenvalue weighted by Gasteiger charge is 2.21. The monoisotopic (exact) mass is 340 g/mol. The van der Waals surface area contributed by atoms with Gasteiger partial charge in [-0.15, -0.1) is 0 Å². The van der Waals surface area contributed by atoms with Crippen molar-refractivity contribution in [3.05, 3.63) is 41.6 Å². The Labute approximate surface area is 149 Å². The molecule has 5 heteroatoms. The van der Waals surface area contributed by atoms with Gasteiger partial charge >= 0.3 is 0 Å². The van der Waals surface area contributed by atoms with Crippen LogP contribution in [0.25, 0.3) is 11.3 Å². The number of piperidine rings is 1. The van der Waals surface area contributed by atoms with E-state index in [0.29, 0.717) is 11.6 Å². The van der Waals surface area contributed by atoms with Crippen LogP contribution < -0.4 is 5.32 Å². The van der Waals surface area contributed by atoms with Gasteiger partial charge in [0.25, 0.3) is 5.91 Å². The molecule has 1 aliphatic heterocycles. The molecule has 0 atom stereocenters. The van der Waals surface area contributed by atoms with Gasteiger partial charge in [0.1, 0.15) is 5.69 Å². The lowest BCUT2D eigenvalue weighted by Gasteiger charge is -2.31. The fraction of sp³-hybridized carbons (Fsp3) is 0.500. The lowest BCUT2D eigenvalue weighted by molar-refractivity contribution is 0.0930. The van der Waals surface area contributed by atoms with Gasteiger partial charge in [-0.05, 0) is 51.7 Å². The van der Waals surface area contributed by atoms with Gasteiger partial charge in [-0.2, -0.15) is 5.10 Å². The first-order valence-electron chi connectivity index (χ1n) is 9.30. The molecule has 0 unspecified atom stereocenters. The minimum Gasteiger partial charge on any atom is -0.350 e. The molecule has 1 aliphatic rings. The molecule has 0 saturated carbocycles. The van der Waals surface area contributed by atoms with Gasteiger partial charge in [-0.25, -0.2) is 0 Å². The molecule has 1 aromatic heterocycles. The summed E-state index contributed by atoms with van der Waals surface area (Å²) in [7, 11) is 0. The van der Waals surface area contributed by atoms with E-state index < -0.39 is 0 Å². The number of benzene rings is 1. The zero-order valence-electron chi connectivity index (χ0n) is 15.2. The van der Waals surface area contributed by atoms with Crippen LogP contribution in [0.5, 0.6) is 0 Å². The molecular weight excluding hydrogens is 312 g/mol. The smallest absolute Gasteiger partial charge is 0.269 e. The Morgan fingerprint density at radius 1 is 1.28 bits per heavy atom. The third-order valence-corrected chi connectivity index (χ3v) is 5.08. The van der Waals surface area contributed by atoms with Crippen LogP contribution in [0.1, 0.15) is 42.2 Å². The number of likely N-dealkylation sites (tertiary alicyclic amines) is 1. The molecule has 3 rings (SSSR count). The van der Waals surface area contributed by atoms with Gasteiger partial charge in [0.2, 0.25) is 0 Å². The van der Waals surface area contributed by atoms with Crippen LogP contribution in [0.2, 0.25) is 0 Å². The van der Waals surface area contributed by atoms with Crippen molar-refractivity contribution in [3.63, 3.8) is 0 Å². The quantitative estimate of drug-likeness (QED) is 0.849. The Balaban J connectivity index is 1.55. The maximum absolute atomic E-state index is 12.5. The van der Waals surface area contributed by atoms with Crippen LogP contribution in [0.15, 0.2) is 30.3 Å². The number of nitrogens with one attached hydrogen (secondary N) is 2. The molecule has 1 saturated heterocycles. The normalized spacial score (nSPS) is 16.1. The molecule has 5 nitrogen and oxygen atoms in total. The second kappa shape index (κ2) is 8.30. The highest BCUT2D eigenvalue weighted by Crippen LogP contribution is 2.23. The van der Waals surface area contributed by atoms with Gasteiger partial charge in [0, 0.05) is 17.7 Å². The number of aromatic nitrogens is 2. The second-order valence-corrected chi connectivity index (χ2v) is 6.93. The van der Waals surface area contributed by atoms with E-state index in [4.69, 9.17) is 0 Å². The number of rotatable bonds is 6. The van der Waals surface area contributed by atoms with Gasteiger partial charge in [0.05, 0.1) is 5.69 Å². The van der Waals surface area contributed by atoms with E-state index in [2.05, 4.69) is 27.3 Å². The van der Waals surface area contributed by atoms with E-state index in [1.165, 1.54) is 13.0 Å². The number of hydrogen-bond donors (Lipinski definition) is 2. The van der Waals surface area contributed by atoms with Crippen LogP contribution >= 0.6 is 0 Å². The number of amides is 1. The molecule has 1 fully saturated rings. The number of aromatic amines is 1. The lowest BCUT2D eigenvalue weighted by atomic mass is 9.96. The van der Waals surface area contributed by atoms with Crippen molar-refractivity contribution in [2.45, 2.75) is 33.1 Å². The van der Waals surface area contributed by atoms with E-state index in [0.717, 1.165) is 49.3 Å². The van der Waals surface area contributed by atoms with Crippen molar-refractivity contribution >= 4 is 5.91 Å². The first-order valence-corrected chi connectivity index (χ1v) is 9.30. The SMILES string of the molecule is CCCN1CCC(CNC(=O)c2[nH]nc(-c3ccccc3)c2C)CC1. The molecular formula is C20H28N4O. The maximum Gasteiger partial charge on any atom is 0.269 e. The largest absolute Gasteiger partial charge is 0.350 e. The van der Waals surface area contributed by atoms with E-state index in [-0.39, 0.29) is 5.91 Å². The van der Waals surface area contributed by atoms with Crippen LogP contribution in [0.3, 0.4) is 0 Å². The van der Waals surface area contributed by atoms with E-state index in [9.17, 15) is 4.79 Å². The standard InChI is InChI=1S/C20H28N4O/c1-3-11-24-12-9-16(10-13-24)14-21-20(25)19-15(2)18(22-23-19)17-7-5-4-6-8-17/h4-8,16H,3,9-14H2,1-2H3,(H,21,25)(H,22,23). The summed E-state index contributed by atoms with van der Waals surface area (Å²) in [4.78, 5) is 15.0. The zero-order chi connectivity index (χ0) is 17.6. The van der Waals surface area contributed by atoms with Crippen LogP contribution in [0, 0.1) is 12.8 Å². The minimum absolute atomic E-state index is 0.0526. The summed E-state index contributed by atoms with van der Waals surface area (Å²) in [6.45, 7) is 8.41. The summed E-state index contributed by atoms with van der Waals surface area (Å²) in [5.41, 5.74) is 3.35. The highest BCUT2D eigenvalue weighted by molar-refractivity contribution is 5.95. The molecule has 2 aromatic rings. The van der Waals surface area contributed by atoms with Crippen molar-refractivity contribution in [2.75, 3.05) is 26.2 Å². The van der Waals surface area contributed by atoms with Gasteiger partial charge in [-0.1, -0.05) is 37.3 Å². The van der Waals surface area contributed by atoms with Crippen molar-refractivity contribution in [2.24, 2.45) is 5.92 Å². The predicted octanol–water partition coefficient (Wildman–Crippen LogP) is 3.24. The van der Waals surface area contributed by atoms with Gasteiger partial charge in [0.15, 0.2) is 0 Å². The third-order valence-electron chi connectivity index (χ3n) is 5.08. The van der Waals surface area contributed by atoms with E-state index in [1.807, 2.05) is 37.3 Å². The van der Waals surface area contributed by atoms with Crippen LogP contribution in [0.4, 0.5) is 0 Å². The Kier molecular flexibility index (Phi) is 5.87. The van der Waals surface area contributed by atoms with Gasteiger partial charge in [-0.3, -0.25) is 9.89 Å². The van der Waals surface area contributed by atoms with Crippen molar-refractivity contribution in [3.8, 4) is 11.3 Å². The number of nitrogens with zero attached hydrogens (tertiary/aromatic N) is 2. The molecule has 0 bridgehead atoms. The number of hydrogen-bond acceptors (Lipinski definition) is 3. The number of carbonyl (C=O) groups excluding carboxylic acids is 1. The van der Waals surface area contributed by atoms with Crippen molar-refractivity contribution in [1.82, 2.24) is 20.4 Å². The fourth-order valence-corrected chi connectivity index (χ4v) is 3.55. The summed E-state index contributed by atoms with van der Waals surface area (Å²) in [5.74, 6) is 0.525. The van der Waals surface area contributed by atoms with E-state index in [1.54, 1.807) is 0 Å². The molecule has 1 amide bonds. The summed E-state index contributed by atoms with van der Waals surface area (Å²) >= 11 is 0. The summed E-state index contributed by atoms with van der Waals surface area (Å²) in [6, 6.07) is 9.96. The second-order valence-electron chi connectivity index (χ2n) is 6.93. The third kappa shape index (κ3) is 4.28. The lowest BCUT2D eigenvalue weighted by Crippen LogP contribution is -2.39. The fourth-order valence-electron chi connectivity index (χ4n) is 3.55. The minimum atomic E-state index is -0.0526. The molecule has 2 N–H and O–H groups in total. The number of carbonyl (C=O) groups is 1. The maximum atomic E-state index is 12.5. The molecule has 2 heterocycles. The summed E-state index contributed by atoms with van der Waals surface area (Å²) in [5, 5.41) is 10.3. The number of H-pyrrole nitrogens is 1. The Hall–Kier alpha value is -2.14. The highest BCUT2D eigenvalue weighted by atomic mass is 16.1. The Morgan fingerprint density at radius 3 is 2.68 bits per heavy atom. The van der Waals surface area contributed by atoms with Crippen LogP contribution in [-0.2, 0) is 0 Å². The predicted molar refractivity (Wildman–Crippen MR) is 101 cm³/mol. The molecule has 0 radical (unpaired) electrons. The topological polar surface area (TPSA) is 61.0 Å². The van der Waals surface area contributed by atoms with E-state index >= 15 is 0 Å². The van der Waals surface area contributed by atoms with Crippen molar-refractivity contribution < 1.29 is 4.79 Å². The molecule has 134 valence electrons. The first kappa shape index (κ1) is 17.7. The van der Waals surface area contributed by atoms with Crippen LogP contribution in [-0.4, -0.2) is 47.2 Å². The molecule has 0 aliphatic carbocycles. The summed E-state index contributed by atoms with van der Waals surface area (Å²) < 4.78 is 0. The van der Waals surface area contributed by atoms with Gasteiger partial charge < -0.3 is 10.2 Å². The average Bonchev–Trinajstić information content (AvgIpc) is 3.03.